The van der Waals surface area contributed by atoms with Crippen molar-refractivity contribution in [2.24, 2.45) is 0 Å². The van der Waals surface area contributed by atoms with E-state index in [0.717, 1.165) is 0 Å². The molecule has 0 amide bonds. The molecule has 0 heterocycles. The molecule has 0 bridgehead atoms. The number of methoxy groups -OCH3 is 1. The fourth-order valence-corrected chi connectivity index (χ4v) is 1.63. The van der Waals surface area contributed by atoms with E-state index in [0.29, 0.717) is 5.56 Å². The minimum absolute atomic E-state index is 0.288. The van der Waals surface area contributed by atoms with Crippen molar-refractivity contribution < 1.29 is 19.4 Å². The minimum Gasteiger partial charge on any atom is -0.481 e. The van der Waals surface area contributed by atoms with Gasteiger partial charge in [0.2, 0.25) is 0 Å². The van der Waals surface area contributed by atoms with Crippen LogP contribution in [0.15, 0.2) is 30.3 Å². The second-order valence-corrected chi connectivity index (χ2v) is 3.76. The summed E-state index contributed by atoms with van der Waals surface area (Å²) >= 11 is 0. The normalized spacial score (nSPS) is 13.9. The lowest BCUT2D eigenvalue weighted by atomic mass is 9.79. The lowest BCUT2D eigenvalue weighted by Gasteiger charge is -2.25. The van der Waals surface area contributed by atoms with Gasteiger partial charge in [0, 0.05) is 0 Å². The molecule has 0 aliphatic carbocycles. The summed E-state index contributed by atoms with van der Waals surface area (Å²) in [6.45, 7) is 1.57. The van der Waals surface area contributed by atoms with Gasteiger partial charge in [-0.3, -0.25) is 9.59 Å². The maximum atomic E-state index is 11.7. The molecule has 4 heteroatoms. The summed E-state index contributed by atoms with van der Waals surface area (Å²) in [5.74, 6) is -1.57. The van der Waals surface area contributed by atoms with E-state index >= 15 is 0 Å². The Bertz CT molecular complexity index is 385. The highest BCUT2D eigenvalue weighted by Gasteiger charge is 2.38. The standard InChI is InChI=1S/C12H14O4/c1-12(8-10(13)14,11(15)16-2)9-6-4-3-5-7-9/h3-7H,8H2,1-2H3,(H,13,14)/t12-/m0/s1. The first kappa shape index (κ1) is 12.2. The van der Waals surface area contributed by atoms with E-state index in [2.05, 4.69) is 4.74 Å². The fraction of sp³-hybridized carbons (Fsp3) is 0.333. The highest BCUT2D eigenvalue weighted by molar-refractivity contribution is 5.87. The van der Waals surface area contributed by atoms with Crippen LogP contribution in [-0.2, 0) is 19.7 Å². The zero-order valence-corrected chi connectivity index (χ0v) is 9.27. The van der Waals surface area contributed by atoms with Gasteiger partial charge in [-0.2, -0.15) is 0 Å². The number of benzene rings is 1. The van der Waals surface area contributed by atoms with Gasteiger partial charge in [0.05, 0.1) is 13.5 Å². The first-order valence-electron chi connectivity index (χ1n) is 4.86. The third-order valence-electron chi connectivity index (χ3n) is 2.55. The zero-order valence-electron chi connectivity index (χ0n) is 9.27. The van der Waals surface area contributed by atoms with Crippen molar-refractivity contribution in [3.05, 3.63) is 35.9 Å². The van der Waals surface area contributed by atoms with Crippen LogP contribution in [0.2, 0.25) is 0 Å². The third-order valence-corrected chi connectivity index (χ3v) is 2.55. The van der Waals surface area contributed by atoms with Crippen LogP contribution in [0.1, 0.15) is 18.9 Å². The van der Waals surface area contributed by atoms with E-state index in [4.69, 9.17) is 5.11 Å². The number of aliphatic carboxylic acids is 1. The Morgan fingerprint density at radius 2 is 1.88 bits per heavy atom. The number of carbonyl (C=O) groups excluding carboxylic acids is 1. The SMILES string of the molecule is COC(=O)[C@@](C)(CC(=O)O)c1ccccc1. The average molecular weight is 222 g/mol. The number of ether oxygens (including phenoxy) is 1. The molecule has 0 aromatic heterocycles. The van der Waals surface area contributed by atoms with Crippen LogP contribution in [0.4, 0.5) is 0 Å². The third kappa shape index (κ3) is 2.39. The number of carboxylic acids is 1. The summed E-state index contributed by atoms with van der Waals surface area (Å²) in [5, 5.41) is 8.85. The predicted molar refractivity (Wildman–Crippen MR) is 58.1 cm³/mol. The molecule has 0 spiro atoms. The molecular formula is C12H14O4. The van der Waals surface area contributed by atoms with Gasteiger partial charge < -0.3 is 9.84 Å². The smallest absolute Gasteiger partial charge is 0.316 e. The topological polar surface area (TPSA) is 63.6 Å². The molecule has 0 aliphatic heterocycles. The van der Waals surface area contributed by atoms with Crippen molar-refractivity contribution in [2.45, 2.75) is 18.8 Å². The van der Waals surface area contributed by atoms with Gasteiger partial charge in [0.15, 0.2) is 0 Å². The Kier molecular flexibility index (Phi) is 3.66. The van der Waals surface area contributed by atoms with Gasteiger partial charge in [0.1, 0.15) is 5.41 Å². The quantitative estimate of drug-likeness (QED) is 0.786. The first-order chi connectivity index (χ1) is 7.50. The van der Waals surface area contributed by atoms with Crippen molar-refractivity contribution in [2.75, 3.05) is 7.11 Å². The van der Waals surface area contributed by atoms with E-state index in [1.165, 1.54) is 7.11 Å². The molecule has 0 radical (unpaired) electrons. The van der Waals surface area contributed by atoms with Crippen molar-refractivity contribution in [1.82, 2.24) is 0 Å². The largest absolute Gasteiger partial charge is 0.481 e. The molecule has 4 nitrogen and oxygen atoms in total. The summed E-state index contributed by atoms with van der Waals surface area (Å²) in [6.07, 6.45) is -0.288. The van der Waals surface area contributed by atoms with E-state index < -0.39 is 17.4 Å². The van der Waals surface area contributed by atoms with Gasteiger partial charge in [-0.25, -0.2) is 0 Å². The Morgan fingerprint density at radius 1 is 1.31 bits per heavy atom. The summed E-state index contributed by atoms with van der Waals surface area (Å²) in [6, 6.07) is 8.78. The lowest BCUT2D eigenvalue weighted by molar-refractivity contribution is -0.152. The van der Waals surface area contributed by atoms with E-state index in [1.807, 2.05) is 6.07 Å². The summed E-state index contributed by atoms with van der Waals surface area (Å²) in [5.41, 5.74) is -0.494. The molecule has 0 aliphatic rings. The Balaban J connectivity index is 3.14. The van der Waals surface area contributed by atoms with Crippen molar-refractivity contribution in [3.8, 4) is 0 Å². The van der Waals surface area contributed by atoms with Gasteiger partial charge in [-0.05, 0) is 12.5 Å². The van der Waals surface area contributed by atoms with Crippen LogP contribution in [-0.4, -0.2) is 24.2 Å². The molecular weight excluding hydrogens is 208 g/mol. The summed E-state index contributed by atoms with van der Waals surface area (Å²) in [4.78, 5) is 22.5. The Morgan fingerprint density at radius 3 is 2.31 bits per heavy atom. The first-order valence-corrected chi connectivity index (χ1v) is 4.86. The maximum absolute atomic E-state index is 11.7. The van der Waals surface area contributed by atoms with Crippen LogP contribution in [0.5, 0.6) is 0 Å². The fourth-order valence-electron chi connectivity index (χ4n) is 1.63. The molecule has 1 rings (SSSR count). The van der Waals surface area contributed by atoms with Crippen LogP contribution >= 0.6 is 0 Å². The number of rotatable bonds is 4. The van der Waals surface area contributed by atoms with Gasteiger partial charge in [-0.1, -0.05) is 30.3 Å². The van der Waals surface area contributed by atoms with Crippen molar-refractivity contribution >= 4 is 11.9 Å². The number of esters is 1. The van der Waals surface area contributed by atoms with Gasteiger partial charge in [0.25, 0.3) is 0 Å². The van der Waals surface area contributed by atoms with Crippen molar-refractivity contribution in [1.29, 1.82) is 0 Å². The number of carboxylic acid groups (broad SMARTS) is 1. The van der Waals surface area contributed by atoms with Crippen LogP contribution in [0.3, 0.4) is 0 Å². The predicted octanol–water partition coefficient (Wildman–Crippen LogP) is 1.59. The number of carbonyl (C=O) groups is 2. The van der Waals surface area contributed by atoms with Gasteiger partial charge >= 0.3 is 11.9 Å². The molecule has 1 N–H and O–H groups in total. The molecule has 16 heavy (non-hydrogen) atoms. The molecule has 0 fully saturated rings. The maximum Gasteiger partial charge on any atom is 0.316 e. The Labute approximate surface area is 93.9 Å². The van der Waals surface area contributed by atoms with E-state index in [1.54, 1.807) is 31.2 Å². The summed E-state index contributed by atoms with van der Waals surface area (Å²) in [7, 11) is 1.26. The monoisotopic (exact) mass is 222 g/mol. The molecule has 0 unspecified atom stereocenters. The van der Waals surface area contributed by atoms with E-state index in [-0.39, 0.29) is 6.42 Å². The highest BCUT2D eigenvalue weighted by atomic mass is 16.5. The molecule has 0 saturated heterocycles. The zero-order chi connectivity index (χ0) is 12.2. The highest BCUT2D eigenvalue weighted by Crippen LogP contribution is 2.28. The number of hydrogen-bond donors (Lipinski definition) is 1. The number of hydrogen-bond acceptors (Lipinski definition) is 3. The molecule has 0 saturated carbocycles. The van der Waals surface area contributed by atoms with Crippen LogP contribution in [0.25, 0.3) is 0 Å². The Hall–Kier alpha value is -1.84. The second-order valence-electron chi connectivity index (χ2n) is 3.76. The van der Waals surface area contributed by atoms with Crippen molar-refractivity contribution in [3.63, 3.8) is 0 Å². The van der Waals surface area contributed by atoms with Crippen LogP contribution in [0, 0.1) is 0 Å². The molecule has 1 aromatic carbocycles. The molecule has 1 aromatic rings. The molecule has 86 valence electrons. The van der Waals surface area contributed by atoms with Crippen LogP contribution < -0.4 is 0 Å². The average Bonchev–Trinajstić information content (AvgIpc) is 2.28. The second kappa shape index (κ2) is 4.79. The van der Waals surface area contributed by atoms with E-state index in [9.17, 15) is 9.59 Å². The minimum atomic E-state index is -1.14. The van der Waals surface area contributed by atoms with Gasteiger partial charge in [-0.15, -0.1) is 0 Å². The summed E-state index contributed by atoms with van der Waals surface area (Å²) < 4.78 is 4.67. The molecule has 1 atom stereocenters. The lowest BCUT2D eigenvalue weighted by Crippen LogP contribution is -2.36.